The first kappa shape index (κ1) is 22.2. The van der Waals surface area contributed by atoms with Gasteiger partial charge in [0.15, 0.2) is 6.10 Å². The molecule has 1 unspecified atom stereocenters. The van der Waals surface area contributed by atoms with E-state index in [0.717, 1.165) is 11.1 Å². The fourth-order valence-electron chi connectivity index (χ4n) is 3.54. The maximum absolute atomic E-state index is 13.4. The molecule has 1 heterocycles. The van der Waals surface area contributed by atoms with E-state index < -0.39 is 16.1 Å². The van der Waals surface area contributed by atoms with E-state index in [1.54, 1.807) is 54.6 Å². The Kier molecular flexibility index (Phi) is 6.39. The third kappa shape index (κ3) is 4.74. The van der Waals surface area contributed by atoms with Gasteiger partial charge in [0.2, 0.25) is 0 Å². The number of carbonyl (C=O) groups excluding carboxylic acids is 1. The molecule has 0 saturated heterocycles. The molecule has 1 atom stereocenters. The van der Waals surface area contributed by atoms with Crippen LogP contribution in [0, 0.1) is 6.92 Å². The van der Waals surface area contributed by atoms with Crippen molar-refractivity contribution in [2.45, 2.75) is 24.3 Å². The van der Waals surface area contributed by atoms with Gasteiger partial charge in [0, 0.05) is 11.6 Å². The Labute approximate surface area is 192 Å². The number of hydrogen-bond donors (Lipinski definition) is 1. The van der Waals surface area contributed by atoms with Gasteiger partial charge in [-0.1, -0.05) is 48.0 Å². The maximum Gasteiger partial charge on any atom is 0.264 e. The molecule has 32 heavy (non-hydrogen) atoms. The number of fused-ring (bicyclic) bond motifs is 1. The Morgan fingerprint density at radius 3 is 2.53 bits per heavy atom. The van der Waals surface area contributed by atoms with Gasteiger partial charge in [0.25, 0.3) is 15.9 Å². The molecule has 0 aromatic heterocycles. The molecular weight excluding hydrogens is 448 g/mol. The molecule has 6 nitrogen and oxygen atoms in total. The number of hydrogen-bond acceptors (Lipinski definition) is 4. The number of sulfonamides is 1. The van der Waals surface area contributed by atoms with Crippen LogP contribution in [0.4, 0.5) is 5.69 Å². The van der Waals surface area contributed by atoms with Gasteiger partial charge in [-0.15, -0.1) is 0 Å². The lowest BCUT2D eigenvalue weighted by Gasteiger charge is -2.35. The molecule has 1 aliphatic rings. The molecule has 8 heteroatoms. The highest BCUT2D eigenvalue weighted by atomic mass is 35.5. The Hall–Kier alpha value is -3.03. The van der Waals surface area contributed by atoms with Crippen molar-refractivity contribution in [2.24, 2.45) is 0 Å². The fraction of sp³-hybridized carbons (Fsp3) is 0.208. The van der Waals surface area contributed by atoms with Crippen LogP contribution in [0.3, 0.4) is 0 Å². The number of anilines is 1. The van der Waals surface area contributed by atoms with Crippen LogP contribution in [-0.2, 0) is 21.2 Å². The van der Waals surface area contributed by atoms with Crippen molar-refractivity contribution < 1.29 is 17.9 Å². The number of amides is 1. The van der Waals surface area contributed by atoms with Crippen LogP contribution < -0.4 is 14.4 Å². The number of rotatable bonds is 6. The maximum atomic E-state index is 13.4. The summed E-state index contributed by atoms with van der Waals surface area (Å²) in [5.74, 6) is 0.00740. The number of carbonyl (C=O) groups is 1. The quantitative estimate of drug-likeness (QED) is 0.591. The van der Waals surface area contributed by atoms with Crippen LogP contribution >= 0.6 is 11.6 Å². The van der Waals surface area contributed by atoms with Crippen molar-refractivity contribution in [1.82, 2.24) is 5.32 Å². The lowest BCUT2D eigenvalue weighted by molar-refractivity contribution is -0.127. The summed E-state index contributed by atoms with van der Waals surface area (Å²) in [6, 6.07) is 20.9. The molecule has 0 bridgehead atoms. The molecule has 1 aliphatic heterocycles. The number of benzene rings is 3. The summed E-state index contributed by atoms with van der Waals surface area (Å²) in [6.07, 6.45) is -0.342. The van der Waals surface area contributed by atoms with Crippen LogP contribution in [-0.4, -0.2) is 33.5 Å². The average Bonchev–Trinajstić information content (AvgIpc) is 2.80. The highest BCUT2D eigenvalue weighted by Crippen LogP contribution is 2.37. The Balaban J connectivity index is 1.54. The third-order valence-electron chi connectivity index (χ3n) is 5.23. The zero-order chi connectivity index (χ0) is 22.7. The van der Waals surface area contributed by atoms with Gasteiger partial charge in [-0.05, 0) is 60.9 Å². The molecule has 0 radical (unpaired) electrons. The van der Waals surface area contributed by atoms with Gasteiger partial charge < -0.3 is 10.1 Å². The van der Waals surface area contributed by atoms with Crippen LogP contribution in [0.1, 0.15) is 11.1 Å². The van der Waals surface area contributed by atoms with Crippen LogP contribution in [0.25, 0.3) is 0 Å². The van der Waals surface area contributed by atoms with E-state index in [9.17, 15) is 13.2 Å². The smallest absolute Gasteiger partial charge is 0.264 e. The molecule has 0 saturated carbocycles. The topological polar surface area (TPSA) is 75.7 Å². The Morgan fingerprint density at radius 1 is 1.09 bits per heavy atom. The summed E-state index contributed by atoms with van der Waals surface area (Å²) in [6.45, 7) is 2.17. The second-order valence-electron chi connectivity index (χ2n) is 7.59. The third-order valence-corrected chi connectivity index (χ3v) is 7.28. The summed E-state index contributed by atoms with van der Waals surface area (Å²) in [5, 5.41) is 3.51. The molecule has 1 N–H and O–H groups in total. The van der Waals surface area contributed by atoms with E-state index in [4.69, 9.17) is 16.3 Å². The number of halogens is 1. The normalized spacial score (nSPS) is 15.6. The van der Waals surface area contributed by atoms with Gasteiger partial charge in [-0.2, -0.15) is 0 Å². The standard InChI is InChI=1S/C24H23ClN2O4S/c1-17-7-12-21-22(15-17)31-23(16-27(21)32(29,30)20-5-3-2-4-6-20)24(28)26-14-13-18-8-10-19(25)11-9-18/h2-12,15,23H,13-14,16H2,1H3,(H,26,28). The molecular formula is C24H23ClN2O4S. The van der Waals surface area contributed by atoms with E-state index in [0.29, 0.717) is 29.4 Å². The molecule has 1 amide bonds. The van der Waals surface area contributed by atoms with Crippen molar-refractivity contribution in [3.63, 3.8) is 0 Å². The minimum atomic E-state index is -3.86. The number of aryl methyl sites for hydroxylation is 1. The van der Waals surface area contributed by atoms with Crippen molar-refractivity contribution in [1.29, 1.82) is 0 Å². The molecule has 0 fully saturated rings. The summed E-state index contributed by atoms with van der Waals surface area (Å²) in [5.41, 5.74) is 2.36. The van der Waals surface area contributed by atoms with E-state index in [1.807, 2.05) is 25.1 Å². The van der Waals surface area contributed by atoms with Gasteiger partial charge in [-0.3, -0.25) is 9.10 Å². The Bertz CT molecular complexity index is 1210. The predicted molar refractivity (Wildman–Crippen MR) is 125 cm³/mol. The average molecular weight is 471 g/mol. The monoisotopic (exact) mass is 470 g/mol. The summed E-state index contributed by atoms with van der Waals surface area (Å²) in [4.78, 5) is 13.0. The molecule has 4 rings (SSSR count). The SMILES string of the molecule is Cc1ccc2c(c1)OC(C(=O)NCCc1ccc(Cl)cc1)CN2S(=O)(=O)c1ccccc1. The molecule has 3 aromatic carbocycles. The van der Waals surface area contributed by atoms with Crippen LogP contribution in [0.5, 0.6) is 5.75 Å². The fourth-order valence-corrected chi connectivity index (χ4v) is 5.16. The summed E-state index contributed by atoms with van der Waals surface area (Å²) < 4.78 is 33.9. The summed E-state index contributed by atoms with van der Waals surface area (Å²) >= 11 is 5.90. The van der Waals surface area contributed by atoms with E-state index in [1.165, 1.54) is 4.31 Å². The first-order valence-corrected chi connectivity index (χ1v) is 12.0. The van der Waals surface area contributed by atoms with Gasteiger partial charge in [0.1, 0.15) is 5.75 Å². The highest BCUT2D eigenvalue weighted by molar-refractivity contribution is 7.92. The second-order valence-corrected chi connectivity index (χ2v) is 9.89. The zero-order valence-electron chi connectivity index (χ0n) is 17.5. The first-order chi connectivity index (χ1) is 15.3. The lowest BCUT2D eigenvalue weighted by Crippen LogP contribution is -2.51. The summed E-state index contributed by atoms with van der Waals surface area (Å²) in [7, 11) is -3.86. The lowest BCUT2D eigenvalue weighted by atomic mass is 10.1. The minimum absolute atomic E-state index is 0.111. The van der Waals surface area contributed by atoms with Crippen molar-refractivity contribution >= 4 is 33.2 Å². The molecule has 3 aromatic rings. The highest BCUT2D eigenvalue weighted by Gasteiger charge is 2.37. The van der Waals surface area contributed by atoms with Gasteiger partial charge in [0.05, 0.1) is 17.1 Å². The second kappa shape index (κ2) is 9.22. The molecule has 0 spiro atoms. The van der Waals surface area contributed by atoms with Crippen LogP contribution in [0.15, 0.2) is 77.7 Å². The van der Waals surface area contributed by atoms with E-state index in [-0.39, 0.29) is 17.3 Å². The molecule has 166 valence electrons. The van der Waals surface area contributed by atoms with Crippen molar-refractivity contribution in [3.8, 4) is 5.75 Å². The van der Waals surface area contributed by atoms with Crippen molar-refractivity contribution in [2.75, 3.05) is 17.4 Å². The largest absolute Gasteiger partial charge is 0.476 e. The number of ether oxygens (including phenoxy) is 1. The Morgan fingerprint density at radius 2 is 1.81 bits per heavy atom. The predicted octanol–water partition coefficient (Wildman–Crippen LogP) is 3.96. The van der Waals surface area contributed by atoms with Gasteiger partial charge >= 0.3 is 0 Å². The van der Waals surface area contributed by atoms with Crippen LogP contribution in [0.2, 0.25) is 5.02 Å². The molecule has 0 aliphatic carbocycles. The number of nitrogens with zero attached hydrogens (tertiary/aromatic N) is 1. The number of nitrogens with one attached hydrogen (secondary N) is 1. The minimum Gasteiger partial charge on any atom is -0.476 e. The van der Waals surface area contributed by atoms with E-state index in [2.05, 4.69) is 5.32 Å². The van der Waals surface area contributed by atoms with Gasteiger partial charge in [-0.25, -0.2) is 8.42 Å². The zero-order valence-corrected chi connectivity index (χ0v) is 19.1. The van der Waals surface area contributed by atoms with Crippen molar-refractivity contribution in [3.05, 3.63) is 88.9 Å². The first-order valence-electron chi connectivity index (χ1n) is 10.2. The van der Waals surface area contributed by atoms with E-state index >= 15 is 0 Å².